The third-order valence-electron chi connectivity index (χ3n) is 2.62. The van der Waals surface area contributed by atoms with E-state index in [0.29, 0.717) is 5.75 Å². The summed E-state index contributed by atoms with van der Waals surface area (Å²) in [5, 5.41) is 13.2. The number of aromatic hydroxyl groups is 1. The van der Waals surface area contributed by atoms with Crippen LogP contribution in [-0.4, -0.2) is 31.3 Å². The van der Waals surface area contributed by atoms with Crippen LogP contribution >= 0.6 is 15.9 Å². The van der Waals surface area contributed by atoms with E-state index in [1.54, 1.807) is 0 Å². The van der Waals surface area contributed by atoms with Crippen LogP contribution in [0.4, 0.5) is 5.69 Å². The van der Waals surface area contributed by atoms with Crippen molar-refractivity contribution in [2.45, 2.75) is 6.92 Å². The molecule has 1 saturated heterocycles. The van der Waals surface area contributed by atoms with Gasteiger partial charge in [0.2, 0.25) is 0 Å². The Morgan fingerprint density at radius 1 is 1.33 bits per heavy atom. The number of nitrogens with one attached hydrogen (secondary N) is 1. The largest absolute Gasteiger partial charge is 0.506 e. The summed E-state index contributed by atoms with van der Waals surface area (Å²) in [6.07, 6.45) is 0. The first kappa shape index (κ1) is 10.8. The van der Waals surface area contributed by atoms with E-state index in [0.717, 1.165) is 41.9 Å². The van der Waals surface area contributed by atoms with Crippen molar-refractivity contribution >= 4 is 21.6 Å². The lowest BCUT2D eigenvalue weighted by Gasteiger charge is -2.30. The lowest BCUT2D eigenvalue weighted by Crippen LogP contribution is -2.43. The Labute approximate surface area is 98.2 Å². The zero-order valence-electron chi connectivity index (χ0n) is 8.76. The van der Waals surface area contributed by atoms with Crippen LogP contribution in [0.3, 0.4) is 0 Å². The fraction of sp³-hybridized carbons (Fsp3) is 0.455. The molecular weight excluding hydrogens is 256 g/mol. The van der Waals surface area contributed by atoms with Gasteiger partial charge in [0, 0.05) is 30.7 Å². The Morgan fingerprint density at radius 3 is 2.60 bits per heavy atom. The number of benzene rings is 1. The number of aryl methyl sites for hydroxylation is 1. The highest BCUT2D eigenvalue weighted by molar-refractivity contribution is 9.10. The van der Waals surface area contributed by atoms with E-state index in [-0.39, 0.29) is 0 Å². The number of piperazine rings is 1. The molecule has 0 spiro atoms. The molecule has 0 aromatic heterocycles. The average Bonchev–Trinajstić information content (AvgIpc) is 2.17. The van der Waals surface area contributed by atoms with Gasteiger partial charge in [0.25, 0.3) is 0 Å². The minimum Gasteiger partial charge on any atom is -0.506 e. The maximum absolute atomic E-state index is 9.93. The van der Waals surface area contributed by atoms with Gasteiger partial charge in [-0.05, 0) is 40.5 Å². The molecule has 2 N–H and O–H groups in total. The number of phenols is 1. The molecule has 1 fully saturated rings. The van der Waals surface area contributed by atoms with Crippen LogP contribution in [0.25, 0.3) is 0 Å². The second kappa shape index (κ2) is 4.41. The average molecular weight is 271 g/mol. The van der Waals surface area contributed by atoms with Crippen molar-refractivity contribution in [1.82, 2.24) is 5.32 Å². The highest BCUT2D eigenvalue weighted by Crippen LogP contribution is 2.36. The highest BCUT2D eigenvalue weighted by atomic mass is 79.9. The van der Waals surface area contributed by atoms with Crippen molar-refractivity contribution in [1.29, 1.82) is 0 Å². The molecule has 82 valence electrons. The lowest BCUT2D eigenvalue weighted by atomic mass is 10.2. The first-order valence-corrected chi connectivity index (χ1v) is 5.92. The number of halogens is 1. The van der Waals surface area contributed by atoms with Crippen molar-refractivity contribution in [3.8, 4) is 5.75 Å². The molecule has 1 aliphatic heterocycles. The third-order valence-corrected chi connectivity index (χ3v) is 3.23. The van der Waals surface area contributed by atoms with Crippen molar-refractivity contribution in [2.24, 2.45) is 0 Å². The summed E-state index contributed by atoms with van der Waals surface area (Å²) in [5.74, 6) is 0.365. The Bertz CT molecular complexity index is 339. The fourth-order valence-electron chi connectivity index (χ4n) is 1.92. The smallest absolute Gasteiger partial charge is 0.140 e. The zero-order chi connectivity index (χ0) is 10.8. The topological polar surface area (TPSA) is 35.5 Å². The summed E-state index contributed by atoms with van der Waals surface area (Å²) in [5.41, 5.74) is 1.99. The standard InChI is InChI=1S/C11H15BrN2O/c1-8-6-9(12)11(10(15)7-8)14-4-2-13-3-5-14/h6-7,13,15H,2-5H2,1H3. The summed E-state index contributed by atoms with van der Waals surface area (Å²) in [6.45, 7) is 5.80. The molecule has 15 heavy (non-hydrogen) atoms. The summed E-state index contributed by atoms with van der Waals surface area (Å²) in [6, 6.07) is 3.85. The molecule has 1 aromatic carbocycles. The predicted molar refractivity (Wildman–Crippen MR) is 65.6 cm³/mol. The number of rotatable bonds is 1. The van der Waals surface area contributed by atoms with Crippen molar-refractivity contribution in [2.75, 3.05) is 31.1 Å². The number of hydrogen-bond acceptors (Lipinski definition) is 3. The molecule has 4 heteroatoms. The van der Waals surface area contributed by atoms with Gasteiger partial charge in [-0.25, -0.2) is 0 Å². The molecule has 0 atom stereocenters. The third kappa shape index (κ3) is 2.26. The monoisotopic (exact) mass is 270 g/mol. The van der Waals surface area contributed by atoms with Gasteiger partial charge in [-0.3, -0.25) is 0 Å². The van der Waals surface area contributed by atoms with E-state index in [9.17, 15) is 5.11 Å². The van der Waals surface area contributed by atoms with Gasteiger partial charge >= 0.3 is 0 Å². The highest BCUT2D eigenvalue weighted by Gasteiger charge is 2.17. The SMILES string of the molecule is Cc1cc(O)c(N2CCNCC2)c(Br)c1. The van der Waals surface area contributed by atoms with Crippen molar-refractivity contribution in [3.63, 3.8) is 0 Å². The molecule has 3 nitrogen and oxygen atoms in total. The normalized spacial score (nSPS) is 16.8. The Morgan fingerprint density at radius 2 is 2.00 bits per heavy atom. The summed E-state index contributed by atoms with van der Waals surface area (Å²) in [7, 11) is 0. The molecule has 0 amide bonds. The van der Waals surface area contributed by atoms with Gasteiger partial charge in [-0.1, -0.05) is 0 Å². The van der Waals surface area contributed by atoms with Crippen LogP contribution in [0.15, 0.2) is 16.6 Å². The number of anilines is 1. The fourth-order valence-corrected chi connectivity index (χ4v) is 2.73. The molecule has 1 heterocycles. The van der Waals surface area contributed by atoms with E-state index in [1.807, 2.05) is 19.1 Å². The van der Waals surface area contributed by atoms with Gasteiger partial charge in [0.15, 0.2) is 0 Å². The maximum atomic E-state index is 9.93. The minimum absolute atomic E-state index is 0.365. The van der Waals surface area contributed by atoms with Crippen LogP contribution in [0.1, 0.15) is 5.56 Å². The van der Waals surface area contributed by atoms with E-state index in [1.165, 1.54) is 0 Å². The van der Waals surface area contributed by atoms with Gasteiger partial charge in [-0.2, -0.15) is 0 Å². The van der Waals surface area contributed by atoms with Crippen LogP contribution in [0.2, 0.25) is 0 Å². The van der Waals surface area contributed by atoms with E-state index < -0.39 is 0 Å². The van der Waals surface area contributed by atoms with Crippen LogP contribution in [0, 0.1) is 6.92 Å². The molecule has 0 unspecified atom stereocenters. The maximum Gasteiger partial charge on any atom is 0.140 e. The van der Waals surface area contributed by atoms with Gasteiger partial charge in [-0.15, -0.1) is 0 Å². The van der Waals surface area contributed by atoms with E-state index in [2.05, 4.69) is 26.1 Å². The van der Waals surface area contributed by atoms with Crippen LogP contribution in [0.5, 0.6) is 5.75 Å². The predicted octanol–water partition coefficient (Wildman–Crippen LogP) is 1.87. The molecule has 0 saturated carbocycles. The summed E-state index contributed by atoms with van der Waals surface area (Å²) < 4.78 is 0.974. The quantitative estimate of drug-likeness (QED) is 0.818. The number of phenolic OH excluding ortho intramolecular Hbond substituents is 1. The van der Waals surface area contributed by atoms with Crippen LogP contribution in [-0.2, 0) is 0 Å². The molecular formula is C11H15BrN2O. The van der Waals surface area contributed by atoms with Crippen molar-refractivity contribution in [3.05, 3.63) is 22.2 Å². The van der Waals surface area contributed by atoms with Gasteiger partial charge in [0.1, 0.15) is 5.75 Å². The first-order chi connectivity index (χ1) is 7.18. The molecule has 1 aromatic rings. The number of nitrogens with zero attached hydrogens (tertiary/aromatic N) is 1. The second-order valence-corrected chi connectivity index (χ2v) is 4.71. The van der Waals surface area contributed by atoms with Crippen molar-refractivity contribution < 1.29 is 5.11 Å². The lowest BCUT2D eigenvalue weighted by molar-refractivity contribution is 0.469. The molecule has 2 rings (SSSR count). The molecule has 0 bridgehead atoms. The zero-order valence-corrected chi connectivity index (χ0v) is 10.3. The summed E-state index contributed by atoms with van der Waals surface area (Å²) >= 11 is 3.51. The summed E-state index contributed by atoms with van der Waals surface area (Å²) in [4.78, 5) is 2.20. The Balaban J connectivity index is 2.33. The molecule has 1 aliphatic rings. The molecule has 0 aliphatic carbocycles. The first-order valence-electron chi connectivity index (χ1n) is 5.13. The molecule has 0 radical (unpaired) electrons. The number of hydrogen-bond donors (Lipinski definition) is 2. The second-order valence-electron chi connectivity index (χ2n) is 3.85. The Hall–Kier alpha value is -0.740. The van der Waals surface area contributed by atoms with Gasteiger partial charge < -0.3 is 15.3 Å². The van der Waals surface area contributed by atoms with Gasteiger partial charge in [0.05, 0.1) is 5.69 Å². The van der Waals surface area contributed by atoms with Crippen LogP contribution < -0.4 is 10.2 Å². The minimum atomic E-state index is 0.365. The van der Waals surface area contributed by atoms with E-state index in [4.69, 9.17) is 0 Å². The Kier molecular flexibility index (Phi) is 3.17. The van der Waals surface area contributed by atoms with E-state index >= 15 is 0 Å².